The summed E-state index contributed by atoms with van der Waals surface area (Å²) in [6, 6.07) is 12.9. The van der Waals surface area contributed by atoms with Crippen molar-refractivity contribution in [3.8, 4) is 5.75 Å². The van der Waals surface area contributed by atoms with Crippen molar-refractivity contribution in [2.75, 3.05) is 7.11 Å². The highest BCUT2D eigenvalue weighted by molar-refractivity contribution is 6.01. The molecule has 0 atom stereocenters. The van der Waals surface area contributed by atoms with Crippen LogP contribution in [-0.2, 0) is 4.79 Å². The van der Waals surface area contributed by atoms with Crippen LogP contribution in [0.5, 0.6) is 5.75 Å². The Morgan fingerprint density at radius 2 is 1.76 bits per heavy atom. The molecule has 1 amide bonds. The van der Waals surface area contributed by atoms with Gasteiger partial charge in [-0.1, -0.05) is 6.92 Å². The first-order chi connectivity index (χ1) is 12.0. The first-order valence-electron chi connectivity index (χ1n) is 7.56. The molecule has 0 heterocycles. The molecule has 0 spiro atoms. The van der Waals surface area contributed by atoms with E-state index >= 15 is 0 Å². The lowest BCUT2D eigenvalue weighted by Crippen LogP contribution is -2.41. The molecular formula is C17H18N4O4. The molecule has 0 fully saturated rings. The van der Waals surface area contributed by atoms with Crippen molar-refractivity contribution in [3.05, 3.63) is 64.2 Å². The van der Waals surface area contributed by atoms with E-state index in [1.165, 1.54) is 24.3 Å². The van der Waals surface area contributed by atoms with Crippen molar-refractivity contribution in [2.24, 2.45) is 4.99 Å². The molecule has 0 saturated heterocycles. The zero-order valence-corrected chi connectivity index (χ0v) is 13.9. The van der Waals surface area contributed by atoms with Crippen LogP contribution in [0.25, 0.3) is 0 Å². The first kappa shape index (κ1) is 17.9. The maximum absolute atomic E-state index is 11.5. The van der Waals surface area contributed by atoms with Gasteiger partial charge in [-0.3, -0.25) is 25.8 Å². The predicted octanol–water partition coefficient (Wildman–Crippen LogP) is 2.71. The van der Waals surface area contributed by atoms with Gasteiger partial charge in [-0.2, -0.15) is 0 Å². The Morgan fingerprint density at radius 3 is 2.28 bits per heavy atom. The molecule has 25 heavy (non-hydrogen) atoms. The predicted molar refractivity (Wildman–Crippen MR) is 93.9 cm³/mol. The molecule has 0 unspecified atom stereocenters. The van der Waals surface area contributed by atoms with Crippen LogP contribution in [0.2, 0.25) is 0 Å². The van der Waals surface area contributed by atoms with Crippen molar-refractivity contribution in [1.82, 2.24) is 10.9 Å². The molecule has 0 aromatic heterocycles. The first-order valence-corrected chi connectivity index (χ1v) is 7.56. The number of nitro groups is 1. The van der Waals surface area contributed by atoms with Crippen molar-refractivity contribution < 1.29 is 14.5 Å². The quantitative estimate of drug-likeness (QED) is 0.376. The van der Waals surface area contributed by atoms with E-state index in [1.807, 2.05) is 0 Å². The number of hydrogen-bond donors (Lipinski definition) is 2. The molecule has 130 valence electrons. The van der Waals surface area contributed by atoms with Gasteiger partial charge >= 0.3 is 0 Å². The molecule has 0 aliphatic carbocycles. The molecule has 2 N–H and O–H groups in total. The number of rotatable bonds is 5. The summed E-state index contributed by atoms with van der Waals surface area (Å²) in [5, 5.41) is 10.7. The summed E-state index contributed by atoms with van der Waals surface area (Å²) in [5.41, 5.74) is 6.55. The summed E-state index contributed by atoms with van der Waals surface area (Å²) >= 11 is 0. The largest absolute Gasteiger partial charge is 0.497 e. The van der Waals surface area contributed by atoms with Crippen molar-refractivity contribution in [1.29, 1.82) is 0 Å². The molecule has 8 nitrogen and oxygen atoms in total. The van der Waals surface area contributed by atoms with Crippen LogP contribution < -0.4 is 15.6 Å². The molecule has 2 rings (SSSR count). The third-order valence-electron chi connectivity index (χ3n) is 3.31. The van der Waals surface area contributed by atoms with Gasteiger partial charge in [0.05, 0.1) is 17.7 Å². The minimum absolute atomic E-state index is 0.0165. The smallest absolute Gasteiger partial charge is 0.269 e. The fraction of sp³-hybridized carbons (Fsp3) is 0.176. The second-order valence-electron chi connectivity index (χ2n) is 4.99. The zero-order chi connectivity index (χ0) is 18.2. The van der Waals surface area contributed by atoms with E-state index in [4.69, 9.17) is 4.74 Å². The van der Waals surface area contributed by atoms with Gasteiger partial charge in [0.2, 0.25) is 5.91 Å². The van der Waals surface area contributed by atoms with E-state index in [2.05, 4.69) is 15.8 Å². The maximum atomic E-state index is 11.5. The SMILES string of the molecule is CCC(=O)NNC(=Nc1ccc([N+](=O)[O-])cc1)c1ccc(OC)cc1. The second-order valence-corrected chi connectivity index (χ2v) is 4.99. The van der Waals surface area contributed by atoms with Crippen molar-refractivity contribution in [3.63, 3.8) is 0 Å². The Morgan fingerprint density at radius 1 is 1.12 bits per heavy atom. The van der Waals surface area contributed by atoms with Crippen LogP contribution in [-0.4, -0.2) is 23.8 Å². The average Bonchev–Trinajstić information content (AvgIpc) is 2.65. The molecule has 0 aliphatic heterocycles. The Balaban J connectivity index is 2.31. The third kappa shape index (κ3) is 5.03. The fourth-order valence-electron chi connectivity index (χ4n) is 1.91. The number of carbonyl (C=O) groups excluding carboxylic acids is 1. The number of amides is 1. The van der Waals surface area contributed by atoms with Crippen LogP contribution in [0.15, 0.2) is 53.5 Å². The number of methoxy groups -OCH3 is 1. The Hall–Kier alpha value is -3.42. The summed E-state index contributed by atoms with van der Waals surface area (Å²) in [4.78, 5) is 26.2. The zero-order valence-electron chi connectivity index (χ0n) is 13.9. The van der Waals surface area contributed by atoms with E-state index in [0.717, 1.165) is 5.56 Å². The molecule has 0 saturated carbocycles. The lowest BCUT2D eigenvalue weighted by Gasteiger charge is -2.12. The number of non-ortho nitro benzene ring substituents is 1. The summed E-state index contributed by atoms with van der Waals surface area (Å²) in [6.07, 6.45) is 0.320. The highest BCUT2D eigenvalue weighted by Crippen LogP contribution is 2.19. The molecular weight excluding hydrogens is 324 g/mol. The van der Waals surface area contributed by atoms with E-state index in [0.29, 0.717) is 23.7 Å². The maximum Gasteiger partial charge on any atom is 0.269 e. The van der Waals surface area contributed by atoms with Gasteiger partial charge < -0.3 is 4.74 Å². The summed E-state index contributed by atoms with van der Waals surface area (Å²) in [5.74, 6) is 0.902. The van der Waals surface area contributed by atoms with Crippen LogP contribution in [0, 0.1) is 10.1 Å². The topological polar surface area (TPSA) is 106 Å². The minimum atomic E-state index is -0.475. The third-order valence-corrected chi connectivity index (χ3v) is 3.31. The van der Waals surface area contributed by atoms with E-state index in [-0.39, 0.29) is 11.6 Å². The van der Waals surface area contributed by atoms with Gasteiger partial charge in [0.25, 0.3) is 5.69 Å². The van der Waals surface area contributed by atoms with E-state index in [9.17, 15) is 14.9 Å². The monoisotopic (exact) mass is 342 g/mol. The Kier molecular flexibility index (Phi) is 6.05. The second kappa shape index (κ2) is 8.44. The van der Waals surface area contributed by atoms with Crippen LogP contribution in [0.1, 0.15) is 18.9 Å². The molecule has 0 aliphatic rings. The average molecular weight is 342 g/mol. The van der Waals surface area contributed by atoms with Gasteiger partial charge in [-0.05, 0) is 36.4 Å². The van der Waals surface area contributed by atoms with E-state index in [1.54, 1.807) is 38.3 Å². The highest BCUT2D eigenvalue weighted by Gasteiger charge is 2.08. The van der Waals surface area contributed by atoms with Gasteiger partial charge in [-0.25, -0.2) is 4.99 Å². The van der Waals surface area contributed by atoms with E-state index < -0.39 is 4.92 Å². The summed E-state index contributed by atoms with van der Waals surface area (Å²) in [6.45, 7) is 1.73. The Bertz CT molecular complexity index is 770. The number of nitrogens with zero attached hydrogens (tertiary/aromatic N) is 2. The lowest BCUT2D eigenvalue weighted by molar-refractivity contribution is -0.384. The number of nitro benzene ring substituents is 1. The minimum Gasteiger partial charge on any atom is -0.497 e. The molecule has 2 aromatic carbocycles. The standard InChI is InChI=1S/C17H18N4O4/c1-3-16(22)19-20-17(12-4-10-15(25-2)11-5-12)18-13-6-8-14(9-7-13)21(23)24/h4-11H,3H2,1-2H3,(H,18,20)(H,19,22). The number of ether oxygens (including phenoxy) is 1. The van der Waals surface area contributed by atoms with Crippen LogP contribution in [0.3, 0.4) is 0 Å². The summed E-state index contributed by atoms with van der Waals surface area (Å²) in [7, 11) is 1.57. The number of nitrogens with one attached hydrogen (secondary N) is 2. The number of hydrazine groups is 1. The highest BCUT2D eigenvalue weighted by atomic mass is 16.6. The van der Waals surface area contributed by atoms with Crippen molar-refractivity contribution in [2.45, 2.75) is 13.3 Å². The molecule has 0 bridgehead atoms. The summed E-state index contributed by atoms with van der Waals surface area (Å²) < 4.78 is 5.12. The lowest BCUT2D eigenvalue weighted by atomic mass is 10.2. The van der Waals surface area contributed by atoms with Crippen molar-refractivity contribution >= 4 is 23.1 Å². The van der Waals surface area contributed by atoms with Gasteiger partial charge in [0.1, 0.15) is 5.75 Å². The number of benzene rings is 2. The normalized spacial score (nSPS) is 10.9. The van der Waals surface area contributed by atoms with Gasteiger partial charge in [0, 0.05) is 24.1 Å². The number of aliphatic imine (C=N–C) groups is 1. The van der Waals surface area contributed by atoms with Gasteiger partial charge in [0.15, 0.2) is 5.84 Å². The number of amidine groups is 1. The van der Waals surface area contributed by atoms with Gasteiger partial charge in [-0.15, -0.1) is 0 Å². The molecule has 8 heteroatoms. The number of hydrogen-bond acceptors (Lipinski definition) is 5. The van der Waals surface area contributed by atoms with Crippen LogP contribution in [0.4, 0.5) is 11.4 Å². The fourth-order valence-corrected chi connectivity index (χ4v) is 1.91. The molecule has 0 radical (unpaired) electrons. The van der Waals surface area contributed by atoms with Crippen LogP contribution >= 0.6 is 0 Å². The Labute approximate surface area is 144 Å². The number of carbonyl (C=O) groups is 1. The molecule has 2 aromatic rings.